The average Bonchev–Trinajstić information content (AvgIpc) is 2.87. The van der Waals surface area contributed by atoms with E-state index in [-0.39, 0.29) is 30.7 Å². The van der Waals surface area contributed by atoms with Gasteiger partial charge in [0.1, 0.15) is 12.4 Å². The first kappa shape index (κ1) is 24.1. The normalized spacial score (nSPS) is 15.0. The van der Waals surface area contributed by atoms with Gasteiger partial charge in [0.15, 0.2) is 11.6 Å². The summed E-state index contributed by atoms with van der Waals surface area (Å²) < 4.78 is 33.2. The summed E-state index contributed by atoms with van der Waals surface area (Å²) in [6.07, 6.45) is 3.14. The lowest BCUT2D eigenvalue weighted by Gasteiger charge is -2.35. The number of pyridine rings is 1. The second-order valence-corrected chi connectivity index (χ2v) is 8.62. The Hall–Kier alpha value is -3.03. The SMILES string of the molecule is O=C(C1CCNCC1)N(CCOc1cc(F)ccc1F)[C@H](c1ccc(Cl)cc1)c1ccccn1. The maximum atomic E-state index is 14.1. The van der Waals surface area contributed by atoms with E-state index in [1.165, 1.54) is 0 Å². The molecule has 1 N–H and O–H groups in total. The summed E-state index contributed by atoms with van der Waals surface area (Å²) in [5.41, 5.74) is 1.55. The van der Waals surface area contributed by atoms with Crippen molar-refractivity contribution >= 4 is 17.5 Å². The van der Waals surface area contributed by atoms with Crippen LogP contribution in [0.15, 0.2) is 66.9 Å². The number of carbonyl (C=O) groups excluding carboxylic acids is 1. The smallest absolute Gasteiger partial charge is 0.226 e. The highest BCUT2D eigenvalue weighted by molar-refractivity contribution is 6.30. The molecule has 0 spiro atoms. The second kappa shape index (κ2) is 11.4. The van der Waals surface area contributed by atoms with Gasteiger partial charge in [-0.3, -0.25) is 9.78 Å². The van der Waals surface area contributed by atoms with E-state index >= 15 is 0 Å². The third kappa shape index (κ3) is 5.90. The van der Waals surface area contributed by atoms with Gasteiger partial charge in [-0.25, -0.2) is 8.78 Å². The van der Waals surface area contributed by atoms with Crippen molar-refractivity contribution in [3.63, 3.8) is 0 Å². The van der Waals surface area contributed by atoms with Gasteiger partial charge >= 0.3 is 0 Å². The summed E-state index contributed by atoms with van der Waals surface area (Å²) in [7, 11) is 0. The quantitative estimate of drug-likeness (QED) is 0.487. The van der Waals surface area contributed by atoms with Crippen molar-refractivity contribution < 1.29 is 18.3 Å². The molecule has 3 aromatic rings. The number of rotatable bonds is 8. The lowest BCUT2D eigenvalue weighted by Crippen LogP contribution is -2.45. The molecule has 0 bridgehead atoms. The molecule has 1 atom stereocenters. The second-order valence-electron chi connectivity index (χ2n) is 8.19. The summed E-state index contributed by atoms with van der Waals surface area (Å²) in [6.45, 7) is 1.70. The average molecular weight is 486 g/mol. The van der Waals surface area contributed by atoms with Crippen LogP contribution in [0.5, 0.6) is 5.75 Å². The van der Waals surface area contributed by atoms with Gasteiger partial charge < -0.3 is 15.0 Å². The lowest BCUT2D eigenvalue weighted by molar-refractivity contribution is -0.138. The van der Waals surface area contributed by atoms with Crippen molar-refractivity contribution in [2.45, 2.75) is 18.9 Å². The largest absolute Gasteiger partial charge is 0.489 e. The van der Waals surface area contributed by atoms with Gasteiger partial charge in [0, 0.05) is 23.2 Å². The highest BCUT2D eigenvalue weighted by atomic mass is 35.5. The molecule has 8 heteroatoms. The number of benzene rings is 2. The van der Waals surface area contributed by atoms with Crippen LogP contribution in [0, 0.1) is 17.6 Å². The number of nitrogens with one attached hydrogen (secondary N) is 1. The fourth-order valence-corrected chi connectivity index (χ4v) is 4.33. The molecule has 0 unspecified atom stereocenters. The third-order valence-electron chi connectivity index (χ3n) is 5.92. The predicted molar refractivity (Wildman–Crippen MR) is 127 cm³/mol. The Kier molecular flexibility index (Phi) is 8.08. The highest BCUT2D eigenvalue weighted by Gasteiger charge is 2.33. The third-order valence-corrected chi connectivity index (χ3v) is 6.17. The van der Waals surface area contributed by atoms with Crippen molar-refractivity contribution in [3.8, 4) is 5.75 Å². The molecule has 178 valence electrons. The van der Waals surface area contributed by atoms with E-state index in [9.17, 15) is 13.6 Å². The number of halogens is 3. The van der Waals surface area contributed by atoms with Crippen LogP contribution in [-0.2, 0) is 4.79 Å². The van der Waals surface area contributed by atoms with Crippen molar-refractivity contribution in [1.82, 2.24) is 15.2 Å². The van der Waals surface area contributed by atoms with Gasteiger partial charge in [0.25, 0.3) is 0 Å². The molecule has 2 heterocycles. The Bertz CT molecular complexity index is 1090. The molecule has 0 radical (unpaired) electrons. The zero-order valence-corrected chi connectivity index (χ0v) is 19.3. The first-order valence-corrected chi connectivity index (χ1v) is 11.7. The lowest BCUT2D eigenvalue weighted by atomic mass is 9.93. The summed E-state index contributed by atoms with van der Waals surface area (Å²) in [6, 6.07) is 15.4. The van der Waals surface area contributed by atoms with Crippen LogP contribution in [0.2, 0.25) is 5.02 Å². The van der Waals surface area contributed by atoms with E-state index in [0.29, 0.717) is 10.7 Å². The predicted octanol–water partition coefficient (Wildman–Crippen LogP) is 5.01. The van der Waals surface area contributed by atoms with Crippen LogP contribution in [0.3, 0.4) is 0 Å². The molecule has 1 aliphatic heterocycles. The maximum Gasteiger partial charge on any atom is 0.226 e. The molecular formula is C26H26ClF2N3O2. The summed E-state index contributed by atoms with van der Waals surface area (Å²) in [5.74, 6) is -1.60. The summed E-state index contributed by atoms with van der Waals surface area (Å²) in [4.78, 5) is 20.0. The number of hydrogen-bond donors (Lipinski definition) is 1. The van der Waals surface area contributed by atoms with Gasteiger partial charge in [-0.05, 0) is 67.9 Å². The van der Waals surface area contributed by atoms with Crippen LogP contribution in [0.4, 0.5) is 8.78 Å². The van der Waals surface area contributed by atoms with Crippen LogP contribution in [0.25, 0.3) is 0 Å². The zero-order chi connectivity index (χ0) is 23.9. The van der Waals surface area contributed by atoms with Crippen LogP contribution >= 0.6 is 11.6 Å². The van der Waals surface area contributed by atoms with E-state index in [2.05, 4.69) is 10.3 Å². The maximum absolute atomic E-state index is 14.1. The summed E-state index contributed by atoms with van der Waals surface area (Å²) >= 11 is 6.12. The van der Waals surface area contributed by atoms with E-state index in [0.717, 1.165) is 49.7 Å². The van der Waals surface area contributed by atoms with Crippen LogP contribution < -0.4 is 10.1 Å². The molecule has 34 heavy (non-hydrogen) atoms. The molecular weight excluding hydrogens is 460 g/mol. The first-order valence-electron chi connectivity index (χ1n) is 11.3. The Morgan fingerprint density at radius 2 is 1.88 bits per heavy atom. The molecule has 0 saturated carbocycles. The minimum Gasteiger partial charge on any atom is -0.489 e. The zero-order valence-electron chi connectivity index (χ0n) is 18.6. The number of aromatic nitrogens is 1. The Balaban J connectivity index is 1.65. The van der Waals surface area contributed by atoms with Gasteiger partial charge in [-0.15, -0.1) is 0 Å². The molecule has 5 nitrogen and oxygen atoms in total. The van der Waals surface area contributed by atoms with E-state index in [1.807, 2.05) is 30.3 Å². The Morgan fingerprint density at radius 3 is 2.59 bits per heavy atom. The molecule has 4 rings (SSSR count). The number of carbonyl (C=O) groups is 1. The number of piperidine rings is 1. The van der Waals surface area contributed by atoms with Gasteiger partial charge in [-0.1, -0.05) is 29.8 Å². The number of ether oxygens (including phenoxy) is 1. The number of amides is 1. The van der Waals surface area contributed by atoms with E-state index in [1.54, 1.807) is 23.2 Å². The monoisotopic (exact) mass is 485 g/mol. The van der Waals surface area contributed by atoms with Crippen molar-refractivity contribution in [1.29, 1.82) is 0 Å². The Labute approximate surface area is 202 Å². The van der Waals surface area contributed by atoms with Gasteiger partial charge in [0.2, 0.25) is 5.91 Å². The fraction of sp³-hybridized carbons (Fsp3) is 0.308. The van der Waals surface area contributed by atoms with Crippen molar-refractivity contribution in [2.24, 2.45) is 5.92 Å². The number of nitrogens with zero attached hydrogens (tertiary/aromatic N) is 2. The topological polar surface area (TPSA) is 54.5 Å². The molecule has 1 amide bonds. The van der Waals surface area contributed by atoms with Crippen LogP contribution in [-0.4, -0.2) is 42.0 Å². The molecule has 1 fully saturated rings. The van der Waals surface area contributed by atoms with E-state index in [4.69, 9.17) is 16.3 Å². The van der Waals surface area contributed by atoms with Crippen LogP contribution in [0.1, 0.15) is 30.1 Å². The fourth-order valence-electron chi connectivity index (χ4n) is 4.20. The molecule has 1 aromatic heterocycles. The standard InChI is InChI=1S/C26H26ClF2N3O2/c27-20-6-4-18(5-7-20)25(23-3-1-2-12-31-23)32(26(33)19-10-13-30-14-11-19)15-16-34-24-17-21(28)8-9-22(24)29/h1-9,12,17,19,25,30H,10-11,13-16H2/t25-/m1/s1. The summed E-state index contributed by atoms with van der Waals surface area (Å²) in [5, 5.41) is 3.87. The minimum atomic E-state index is -0.656. The van der Waals surface area contributed by atoms with Gasteiger partial charge in [0.05, 0.1) is 18.3 Å². The first-order chi connectivity index (χ1) is 16.5. The van der Waals surface area contributed by atoms with Crippen molar-refractivity contribution in [3.05, 3.63) is 94.8 Å². The van der Waals surface area contributed by atoms with E-state index < -0.39 is 17.7 Å². The number of hydrogen-bond acceptors (Lipinski definition) is 4. The minimum absolute atomic E-state index is 0.00595. The van der Waals surface area contributed by atoms with Gasteiger partial charge in [-0.2, -0.15) is 0 Å². The Morgan fingerprint density at radius 1 is 1.12 bits per heavy atom. The molecule has 1 saturated heterocycles. The molecule has 1 aliphatic rings. The molecule has 0 aliphatic carbocycles. The molecule has 2 aromatic carbocycles. The highest BCUT2D eigenvalue weighted by Crippen LogP contribution is 2.31. The van der Waals surface area contributed by atoms with Crippen molar-refractivity contribution in [2.75, 3.05) is 26.2 Å².